The van der Waals surface area contributed by atoms with Crippen LogP contribution in [-0.2, 0) is 9.53 Å². The fraction of sp³-hybridized carbons (Fsp3) is 0.231. The van der Waals surface area contributed by atoms with Gasteiger partial charge in [0.15, 0.2) is 0 Å². The first kappa shape index (κ1) is 14.7. The summed E-state index contributed by atoms with van der Waals surface area (Å²) >= 11 is 7.24. The minimum atomic E-state index is -0.524. The van der Waals surface area contributed by atoms with Crippen LogP contribution in [0.4, 0.5) is 4.39 Å². The van der Waals surface area contributed by atoms with E-state index in [9.17, 15) is 14.0 Å². The summed E-state index contributed by atoms with van der Waals surface area (Å²) in [5.74, 6) is -1.32. The van der Waals surface area contributed by atoms with E-state index in [4.69, 9.17) is 11.6 Å². The van der Waals surface area contributed by atoms with Crippen molar-refractivity contribution < 1.29 is 18.7 Å². The Morgan fingerprint density at radius 2 is 2.15 bits per heavy atom. The summed E-state index contributed by atoms with van der Waals surface area (Å²) in [6, 6.07) is 4.14. The van der Waals surface area contributed by atoms with Gasteiger partial charge in [0.25, 0.3) is 5.91 Å². The SMILES string of the molecule is COC(=O)CN(C)C(=O)c1sc2cc(F)ccc2c1Cl. The van der Waals surface area contributed by atoms with E-state index in [-0.39, 0.29) is 16.4 Å². The molecule has 106 valence electrons. The van der Waals surface area contributed by atoms with Gasteiger partial charge in [0, 0.05) is 17.1 Å². The molecule has 1 aromatic heterocycles. The normalized spacial score (nSPS) is 10.6. The van der Waals surface area contributed by atoms with E-state index >= 15 is 0 Å². The first-order valence-corrected chi connectivity index (χ1v) is 6.83. The van der Waals surface area contributed by atoms with Crippen molar-refractivity contribution in [2.24, 2.45) is 0 Å². The van der Waals surface area contributed by atoms with Gasteiger partial charge in [-0.15, -0.1) is 11.3 Å². The topological polar surface area (TPSA) is 46.6 Å². The van der Waals surface area contributed by atoms with Crippen molar-refractivity contribution in [3.05, 3.63) is 33.9 Å². The highest BCUT2D eigenvalue weighted by Gasteiger charge is 2.22. The number of carbonyl (C=O) groups is 2. The number of amides is 1. The Bertz CT molecular complexity index is 686. The molecule has 2 aromatic rings. The van der Waals surface area contributed by atoms with Gasteiger partial charge < -0.3 is 9.64 Å². The van der Waals surface area contributed by atoms with Crippen LogP contribution in [0.3, 0.4) is 0 Å². The molecule has 1 heterocycles. The predicted molar refractivity (Wildman–Crippen MR) is 75.8 cm³/mol. The molecule has 2 rings (SSSR count). The smallest absolute Gasteiger partial charge is 0.325 e. The summed E-state index contributed by atoms with van der Waals surface area (Å²) in [4.78, 5) is 24.9. The first-order chi connectivity index (χ1) is 9.43. The Hall–Kier alpha value is -1.66. The van der Waals surface area contributed by atoms with Crippen LogP contribution < -0.4 is 0 Å². The van der Waals surface area contributed by atoms with Gasteiger partial charge in [0.05, 0.1) is 12.1 Å². The van der Waals surface area contributed by atoms with Gasteiger partial charge in [-0.25, -0.2) is 4.39 Å². The monoisotopic (exact) mass is 315 g/mol. The number of esters is 1. The molecule has 0 fully saturated rings. The molecule has 0 radical (unpaired) electrons. The lowest BCUT2D eigenvalue weighted by molar-refractivity contribution is -0.141. The maximum absolute atomic E-state index is 13.2. The van der Waals surface area contributed by atoms with Crippen LogP contribution in [-0.4, -0.2) is 37.5 Å². The lowest BCUT2D eigenvalue weighted by atomic mass is 10.2. The summed E-state index contributed by atoms with van der Waals surface area (Å²) in [5.41, 5.74) is 0. The highest BCUT2D eigenvalue weighted by atomic mass is 35.5. The van der Waals surface area contributed by atoms with Crippen molar-refractivity contribution in [3.8, 4) is 0 Å². The molecule has 0 atom stereocenters. The number of carbonyl (C=O) groups excluding carboxylic acids is 2. The number of hydrogen-bond acceptors (Lipinski definition) is 4. The van der Waals surface area contributed by atoms with E-state index in [0.717, 1.165) is 11.3 Å². The number of rotatable bonds is 3. The summed E-state index contributed by atoms with van der Waals surface area (Å²) < 4.78 is 18.2. The molecule has 0 aliphatic carbocycles. The maximum atomic E-state index is 13.2. The summed E-state index contributed by atoms with van der Waals surface area (Å²) in [6.07, 6.45) is 0. The fourth-order valence-corrected chi connectivity index (χ4v) is 3.21. The molecule has 0 saturated heterocycles. The summed E-state index contributed by atoms with van der Waals surface area (Å²) in [6.45, 7) is -0.172. The maximum Gasteiger partial charge on any atom is 0.325 e. The molecular weight excluding hydrogens is 305 g/mol. The molecule has 1 amide bonds. The summed E-state index contributed by atoms with van der Waals surface area (Å²) in [5, 5.41) is 0.889. The third-order valence-corrected chi connectivity index (χ3v) is 4.37. The zero-order chi connectivity index (χ0) is 14.9. The molecule has 0 aliphatic rings. The minimum absolute atomic E-state index is 0.172. The zero-order valence-corrected chi connectivity index (χ0v) is 12.3. The van der Waals surface area contributed by atoms with Crippen LogP contribution in [0.15, 0.2) is 18.2 Å². The molecule has 4 nitrogen and oxygen atoms in total. The van der Waals surface area contributed by atoms with Gasteiger partial charge in [-0.1, -0.05) is 11.6 Å². The van der Waals surface area contributed by atoms with E-state index in [2.05, 4.69) is 4.74 Å². The second kappa shape index (κ2) is 5.76. The van der Waals surface area contributed by atoms with Gasteiger partial charge in [0.2, 0.25) is 0 Å². The van der Waals surface area contributed by atoms with Crippen LogP contribution in [0.5, 0.6) is 0 Å². The van der Waals surface area contributed by atoms with Crippen molar-refractivity contribution in [2.75, 3.05) is 20.7 Å². The summed E-state index contributed by atoms with van der Waals surface area (Å²) in [7, 11) is 2.72. The number of thiophene rings is 1. The largest absolute Gasteiger partial charge is 0.468 e. The number of nitrogens with zero attached hydrogens (tertiary/aromatic N) is 1. The van der Waals surface area contributed by atoms with E-state index in [1.807, 2.05) is 0 Å². The molecule has 20 heavy (non-hydrogen) atoms. The van der Waals surface area contributed by atoms with E-state index in [1.165, 1.54) is 37.3 Å². The average molecular weight is 316 g/mol. The molecule has 1 aromatic carbocycles. The number of benzene rings is 1. The molecule has 7 heteroatoms. The Morgan fingerprint density at radius 1 is 1.45 bits per heavy atom. The fourth-order valence-electron chi connectivity index (χ4n) is 1.68. The quantitative estimate of drug-likeness (QED) is 0.818. The number of likely N-dealkylation sites (N-methyl/N-ethyl adjacent to an activating group) is 1. The highest BCUT2D eigenvalue weighted by molar-refractivity contribution is 7.21. The number of hydrogen-bond donors (Lipinski definition) is 0. The van der Waals surface area contributed by atoms with Gasteiger partial charge in [0.1, 0.15) is 17.2 Å². The van der Waals surface area contributed by atoms with Gasteiger partial charge in [-0.3, -0.25) is 9.59 Å². The Morgan fingerprint density at radius 3 is 2.80 bits per heavy atom. The second-order valence-corrected chi connectivity index (χ2v) is 5.55. The van der Waals surface area contributed by atoms with Gasteiger partial charge in [-0.2, -0.15) is 0 Å². The van der Waals surface area contributed by atoms with Gasteiger partial charge in [-0.05, 0) is 18.2 Å². The molecular formula is C13H11ClFNO3S. The molecule has 0 N–H and O–H groups in total. The molecule has 0 bridgehead atoms. The van der Waals surface area contributed by atoms with Crippen LogP contribution in [0, 0.1) is 5.82 Å². The zero-order valence-electron chi connectivity index (χ0n) is 10.8. The first-order valence-electron chi connectivity index (χ1n) is 5.64. The van der Waals surface area contributed by atoms with Crippen molar-refractivity contribution in [1.29, 1.82) is 0 Å². The number of ether oxygens (including phenoxy) is 1. The Kier molecular flexibility index (Phi) is 4.25. The predicted octanol–water partition coefficient (Wildman–Crippen LogP) is 2.94. The number of fused-ring (bicyclic) bond motifs is 1. The van der Waals surface area contributed by atoms with Crippen LogP contribution >= 0.6 is 22.9 Å². The standard InChI is InChI=1S/C13H11ClFNO3S/c1-16(6-10(17)19-2)13(18)12-11(14)8-4-3-7(15)5-9(8)20-12/h3-5H,6H2,1-2H3. The van der Waals surface area contributed by atoms with E-state index in [1.54, 1.807) is 0 Å². The van der Waals surface area contributed by atoms with Crippen LogP contribution in [0.1, 0.15) is 9.67 Å². The van der Waals surface area contributed by atoms with Crippen molar-refractivity contribution in [2.45, 2.75) is 0 Å². The Balaban J connectivity index is 2.35. The second-order valence-electron chi connectivity index (χ2n) is 4.12. The third kappa shape index (κ3) is 2.76. The molecule has 0 unspecified atom stereocenters. The van der Waals surface area contributed by atoms with Gasteiger partial charge >= 0.3 is 5.97 Å². The number of methoxy groups -OCH3 is 1. The lowest BCUT2D eigenvalue weighted by Gasteiger charge is -2.14. The third-order valence-electron chi connectivity index (χ3n) is 2.73. The molecule has 0 saturated carbocycles. The molecule has 0 aliphatic heterocycles. The van der Waals surface area contributed by atoms with E-state index < -0.39 is 17.7 Å². The van der Waals surface area contributed by atoms with Crippen molar-refractivity contribution in [1.82, 2.24) is 4.90 Å². The average Bonchev–Trinajstić information content (AvgIpc) is 2.74. The van der Waals surface area contributed by atoms with Crippen molar-refractivity contribution in [3.63, 3.8) is 0 Å². The highest BCUT2D eigenvalue weighted by Crippen LogP contribution is 2.36. The molecule has 0 spiro atoms. The lowest BCUT2D eigenvalue weighted by Crippen LogP contribution is -2.32. The number of halogens is 2. The van der Waals surface area contributed by atoms with Crippen LogP contribution in [0.25, 0.3) is 10.1 Å². The van der Waals surface area contributed by atoms with E-state index in [0.29, 0.717) is 10.1 Å². The Labute approximate surface area is 123 Å². The van der Waals surface area contributed by atoms with Crippen LogP contribution in [0.2, 0.25) is 5.02 Å². The minimum Gasteiger partial charge on any atom is -0.468 e. The van der Waals surface area contributed by atoms with Crippen molar-refractivity contribution >= 4 is 44.9 Å².